The maximum absolute atomic E-state index is 13.0. The zero-order valence-corrected chi connectivity index (χ0v) is 24.0. The van der Waals surface area contributed by atoms with Crippen LogP contribution in [-0.4, -0.2) is 89.5 Å². The fourth-order valence-electron chi connectivity index (χ4n) is 4.44. The molecule has 0 saturated carbocycles. The average molecular weight is 580 g/mol. The summed E-state index contributed by atoms with van der Waals surface area (Å²) in [6.07, 6.45) is 2.18. The number of hydrogen-bond donors (Lipinski definition) is 4. The third-order valence-corrected chi connectivity index (χ3v) is 6.94. The van der Waals surface area contributed by atoms with Gasteiger partial charge in [0.05, 0.1) is 61.9 Å². The van der Waals surface area contributed by atoms with Crippen LogP contribution in [0, 0.1) is 0 Å². The number of fused-ring (bicyclic) bond motifs is 1. The number of quaternary nitrogens is 1. The van der Waals surface area contributed by atoms with Gasteiger partial charge < -0.3 is 40.0 Å². The first-order chi connectivity index (χ1) is 19.0. The van der Waals surface area contributed by atoms with Gasteiger partial charge in [-0.05, 0) is 45.6 Å². The molecular weight excluding hydrogens is 542 g/mol. The molecule has 5 N–H and O–H groups in total. The fraction of sp³-hybridized carbons (Fsp3) is 0.577. The zero-order valence-electron chi connectivity index (χ0n) is 23.2. The summed E-state index contributed by atoms with van der Waals surface area (Å²) in [5, 5.41) is 30.2. The highest BCUT2D eigenvalue weighted by molar-refractivity contribution is 7.14. The standard InChI is InChI=1S/C22H28N4O7S.C4H9NO/c1-5-6-12(13-10-34-20(23-13)25-21(32)33-22(2,3)4)17(28)24-15-14-8-7-11(9-27)16(19(30)31)26(14)18(15)29;1-3-6-4-2-5-1/h6,10,14-15,27H,5,7-9H2,1-4H3,(H,24,28)(H,30,31)(H,23,25,32);5H,1-4H2/b12-6-;/t14-,15+;/m1./s1. The van der Waals surface area contributed by atoms with Gasteiger partial charge in [-0.2, -0.15) is 0 Å². The second kappa shape index (κ2) is 13.8. The maximum Gasteiger partial charge on any atom is 0.413 e. The summed E-state index contributed by atoms with van der Waals surface area (Å²) >= 11 is 1.12. The van der Waals surface area contributed by atoms with Crippen molar-refractivity contribution < 1.29 is 44.2 Å². The number of rotatable bonds is 7. The highest BCUT2D eigenvalue weighted by Gasteiger charge is 2.52. The molecule has 3 amide bonds. The second-order valence-corrected chi connectivity index (χ2v) is 11.2. The Bertz CT molecular complexity index is 1160. The van der Waals surface area contributed by atoms with Gasteiger partial charge in [0.1, 0.15) is 11.6 Å². The lowest BCUT2D eigenvalue weighted by Gasteiger charge is -2.51. The van der Waals surface area contributed by atoms with E-state index in [0.29, 0.717) is 18.5 Å². The van der Waals surface area contributed by atoms with Crippen LogP contribution in [0.25, 0.3) is 5.57 Å². The highest BCUT2D eigenvalue weighted by atomic mass is 32.1. The molecule has 1 aromatic heterocycles. The summed E-state index contributed by atoms with van der Waals surface area (Å²) in [6, 6.07) is -1.44. The van der Waals surface area contributed by atoms with Gasteiger partial charge in [0, 0.05) is 5.38 Å². The number of carboxylic acids is 1. The summed E-state index contributed by atoms with van der Waals surface area (Å²) in [4.78, 5) is 54.6. The molecule has 2 atom stereocenters. The van der Waals surface area contributed by atoms with E-state index in [1.165, 1.54) is 0 Å². The van der Waals surface area contributed by atoms with Crippen LogP contribution in [0.1, 0.15) is 52.7 Å². The van der Waals surface area contributed by atoms with E-state index in [1.54, 1.807) is 32.2 Å². The van der Waals surface area contributed by atoms with Crippen LogP contribution in [0.4, 0.5) is 9.93 Å². The van der Waals surface area contributed by atoms with E-state index in [9.17, 15) is 29.4 Å². The molecule has 0 spiro atoms. The first-order valence-corrected chi connectivity index (χ1v) is 14.1. The van der Waals surface area contributed by atoms with E-state index in [4.69, 9.17) is 9.47 Å². The van der Waals surface area contributed by atoms with Gasteiger partial charge in [0.25, 0.3) is 11.8 Å². The van der Waals surface area contributed by atoms with Crippen molar-refractivity contribution in [1.29, 1.82) is 0 Å². The number of carbonyl (C=O) groups is 4. The first-order valence-electron chi connectivity index (χ1n) is 13.2. The van der Waals surface area contributed by atoms with E-state index >= 15 is 0 Å². The molecule has 3 aliphatic rings. The Morgan fingerprint density at radius 1 is 1.32 bits per heavy atom. The molecule has 40 heavy (non-hydrogen) atoms. The number of nitrogens with two attached hydrogens (primary N) is 1. The van der Waals surface area contributed by atoms with Crippen molar-refractivity contribution in [3.05, 3.63) is 28.4 Å². The van der Waals surface area contributed by atoms with Crippen molar-refractivity contribution in [2.45, 2.75) is 64.6 Å². The van der Waals surface area contributed by atoms with Crippen LogP contribution in [0.5, 0.6) is 0 Å². The van der Waals surface area contributed by atoms with Gasteiger partial charge in [-0.3, -0.25) is 14.9 Å². The van der Waals surface area contributed by atoms with Crippen molar-refractivity contribution in [3.8, 4) is 0 Å². The van der Waals surface area contributed by atoms with Crippen LogP contribution in [0.2, 0.25) is 0 Å². The molecule has 13 nitrogen and oxygen atoms in total. The van der Waals surface area contributed by atoms with Crippen LogP contribution in [0.15, 0.2) is 22.7 Å². The number of morpholine rings is 1. The number of aliphatic carboxylic acids is 1. The number of anilines is 1. The van der Waals surface area contributed by atoms with Crippen LogP contribution >= 0.6 is 11.3 Å². The number of nitrogens with zero attached hydrogens (tertiary/aromatic N) is 2. The van der Waals surface area contributed by atoms with E-state index < -0.39 is 48.2 Å². The Kier molecular flexibility index (Phi) is 10.8. The van der Waals surface area contributed by atoms with Crippen molar-refractivity contribution in [3.63, 3.8) is 0 Å². The van der Waals surface area contributed by atoms with Crippen molar-refractivity contribution in [2.75, 3.05) is 38.2 Å². The van der Waals surface area contributed by atoms with Crippen LogP contribution < -0.4 is 21.1 Å². The maximum atomic E-state index is 13.0. The molecule has 2 fully saturated rings. The highest BCUT2D eigenvalue weighted by Crippen LogP contribution is 2.36. The quantitative estimate of drug-likeness (QED) is 0.240. The van der Waals surface area contributed by atoms with E-state index in [1.807, 2.05) is 6.92 Å². The lowest BCUT2D eigenvalue weighted by molar-refractivity contribution is -0.670. The predicted molar refractivity (Wildman–Crippen MR) is 144 cm³/mol. The van der Waals surface area contributed by atoms with Gasteiger partial charge in [-0.25, -0.2) is 9.78 Å². The van der Waals surface area contributed by atoms with Crippen LogP contribution in [-0.2, 0) is 23.9 Å². The van der Waals surface area contributed by atoms with E-state index in [-0.39, 0.29) is 28.4 Å². The largest absolute Gasteiger partial charge is 0.543 e. The third-order valence-electron chi connectivity index (χ3n) is 6.18. The molecule has 0 aromatic carbocycles. The Hall–Kier alpha value is -3.33. The Morgan fingerprint density at radius 2 is 2.02 bits per heavy atom. The molecule has 0 radical (unpaired) electrons. The zero-order chi connectivity index (χ0) is 29.4. The van der Waals surface area contributed by atoms with Gasteiger partial charge in [0.2, 0.25) is 0 Å². The molecule has 2 saturated heterocycles. The number of hydrogen-bond acceptors (Lipinski definition) is 10. The predicted octanol–water partition coefficient (Wildman–Crippen LogP) is -0.651. The molecule has 0 aliphatic carbocycles. The Labute approximate surface area is 236 Å². The lowest BCUT2D eigenvalue weighted by atomic mass is 9.83. The molecule has 4 heterocycles. The van der Waals surface area contributed by atoms with Gasteiger partial charge in [0.15, 0.2) is 5.13 Å². The Balaban J connectivity index is 0.000000649. The van der Waals surface area contributed by atoms with Gasteiger partial charge >= 0.3 is 6.09 Å². The molecular formula is C26H37N5O8S. The number of aliphatic hydroxyl groups excluding tert-OH is 1. The van der Waals surface area contributed by atoms with Gasteiger partial charge in [-0.1, -0.05) is 13.0 Å². The van der Waals surface area contributed by atoms with Crippen LogP contribution in [0.3, 0.4) is 0 Å². The van der Waals surface area contributed by atoms with Crippen molar-refractivity contribution >= 4 is 45.9 Å². The molecule has 3 aliphatic heterocycles. The number of nitrogens with one attached hydrogen (secondary N) is 2. The number of ether oxygens (including phenoxy) is 2. The topological polar surface area (TPSA) is 187 Å². The number of thiazole rings is 1. The van der Waals surface area contributed by atoms with E-state index in [2.05, 4.69) is 20.9 Å². The summed E-state index contributed by atoms with van der Waals surface area (Å²) in [6.45, 7) is 10.8. The smallest absolute Gasteiger partial charge is 0.413 e. The molecule has 0 bridgehead atoms. The SMILES string of the molecule is C1COCC[NH2+]1.CC/C=C(\C(=O)N[C@@H]1C(=O)N2C(C(=O)[O-])=C(CO)CC[C@H]12)c1csc(NC(=O)OC(C)(C)C)n1. The molecule has 0 unspecified atom stereocenters. The van der Waals surface area contributed by atoms with E-state index in [0.717, 1.165) is 42.5 Å². The monoisotopic (exact) mass is 579 g/mol. The number of β-lactam (4-membered cyclic amide) rings is 1. The van der Waals surface area contributed by atoms with Crippen molar-refractivity contribution in [1.82, 2.24) is 15.2 Å². The number of amides is 3. The summed E-state index contributed by atoms with van der Waals surface area (Å²) in [5.74, 6) is -2.66. The second-order valence-electron chi connectivity index (χ2n) is 10.3. The normalized spacial score (nSPS) is 21.0. The molecule has 1 aromatic rings. The minimum atomic E-state index is -1.54. The third kappa shape index (κ3) is 7.87. The first kappa shape index (κ1) is 31.2. The summed E-state index contributed by atoms with van der Waals surface area (Å²) in [7, 11) is 0. The summed E-state index contributed by atoms with van der Waals surface area (Å²) in [5.41, 5.74) is -0.224. The minimum absolute atomic E-state index is 0.227. The molecule has 4 rings (SSSR count). The minimum Gasteiger partial charge on any atom is -0.543 e. The average Bonchev–Trinajstić information content (AvgIpc) is 3.37. The number of aromatic nitrogens is 1. The van der Waals surface area contributed by atoms with Crippen molar-refractivity contribution in [2.24, 2.45) is 0 Å². The number of allylic oxidation sites excluding steroid dienone is 1. The fourth-order valence-corrected chi connectivity index (χ4v) is 5.14. The molecule has 220 valence electrons. The number of aliphatic hydroxyl groups is 1. The Morgan fingerprint density at radius 3 is 2.55 bits per heavy atom. The lowest BCUT2D eigenvalue weighted by Crippen LogP contribution is -2.87. The number of carbonyl (C=O) groups excluding carboxylic acids is 4. The number of carboxylic acid groups (broad SMARTS) is 1. The van der Waals surface area contributed by atoms with Gasteiger partial charge in [-0.15, -0.1) is 11.3 Å². The summed E-state index contributed by atoms with van der Waals surface area (Å²) < 4.78 is 10.2. The molecule has 14 heteroatoms.